The maximum atomic E-state index is 12.5. The molecule has 1 amide bonds. The number of hydrogen-bond acceptors (Lipinski definition) is 4. The number of nitrogens with zero attached hydrogens (tertiary/aromatic N) is 2. The SMILES string of the molecule is CC(C)Oc1ccc(C(=O)N2CC(Oc3ccc(C(F)(F)F)cn3)C2)cc1. The molecule has 0 spiro atoms. The number of halogens is 3. The van der Waals surface area contributed by atoms with Crippen LogP contribution in [0.1, 0.15) is 29.8 Å². The second kappa shape index (κ2) is 7.46. The van der Waals surface area contributed by atoms with E-state index >= 15 is 0 Å². The van der Waals surface area contributed by atoms with Gasteiger partial charge in [0.25, 0.3) is 5.91 Å². The van der Waals surface area contributed by atoms with Crippen molar-refractivity contribution in [3.8, 4) is 11.6 Å². The highest BCUT2D eigenvalue weighted by Gasteiger charge is 2.34. The second-order valence-corrected chi connectivity index (χ2v) is 6.52. The summed E-state index contributed by atoms with van der Waals surface area (Å²) in [6, 6.07) is 8.99. The van der Waals surface area contributed by atoms with Crippen LogP contribution in [0.25, 0.3) is 0 Å². The quantitative estimate of drug-likeness (QED) is 0.792. The first-order valence-corrected chi connectivity index (χ1v) is 8.48. The van der Waals surface area contributed by atoms with E-state index < -0.39 is 11.7 Å². The third kappa shape index (κ3) is 4.69. The van der Waals surface area contributed by atoms with Crippen LogP contribution < -0.4 is 9.47 Å². The number of carbonyl (C=O) groups is 1. The van der Waals surface area contributed by atoms with Gasteiger partial charge >= 0.3 is 6.18 Å². The summed E-state index contributed by atoms with van der Waals surface area (Å²) < 4.78 is 48.6. The van der Waals surface area contributed by atoms with Crippen molar-refractivity contribution in [1.29, 1.82) is 0 Å². The number of aromatic nitrogens is 1. The van der Waals surface area contributed by atoms with Crippen molar-refractivity contribution in [2.45, 2.75) is 32.2 Å². The number of likely N-dealkylation sites (tertiary alicyclic amines) is 1. The van der Waals surface area contributed by atoms with E-state index in [-0.39, 0.29) is 24.0 Å². The minimum Gasteiger partial charge on any atom is -0.491 e. The molecule has 1 aromatic heterocycles. The molecule has 1 aliphatic rings. The molecule has 1 aromatic carbocycles. The van der Waals surface area contributed by atoms with Gasteiger partial charge in [0.05, 0.1) is 24.8 Å². The first-order valence-electron chi connectivity index (χ1n) is 8.48. The van der Waals surface area contributed by atoms with Gasteiger partial charge in [-0.15, -0.1) is 0 Å². The summed E-state index contributed by atoms with van der Waals surface area (Å²) in [6.45, 7) is 4.55. The topological polar surface area (TPSA) is 51.7 Å². The molecule has 144 valence electrons. The molecule has 27 heavy (non-hydrogen) atoms. The lowest BCUT2D eigenvalue weighted by Gasteiger charge is -2.38. The molecular formula is C19H19F3N2O3. The smallest absolute Gasteiger partial charge is 0.417 e. The lowest BCUT2D eigenvalue weighted by Crippen LogP contribution is -2.56. The van der Waals surface area contributed by atoms with E-state index in [9.17, 15) is 18.0 Å². The maximum Gasteiger partial charge on any atom is 0.417 e. The van der Waals surface area contributed by atoms with Crippen LogP contribution in [0, 0.1) is 0 Å². The van der Waals surface area contributed by atoms with Crippen molar-refractivity contribution >= 4 is 5.91 Å². The summed E-state index contributed by atoms with van der Waals surface area (Å²) in [4.78, 5) is 17.7. The number of carbonyl (C=O) groups excluding carboxylic acids is 1. The third-order valence-electron chi connectivity index (χ3n) is 3.96. The number of amides is 1. The Morgan fingerprint density at radius 2 is 1.81 bits per heavy atom. The van der Waals surface area contributed by atoms with Gasteiger partial charge in [0.1, 0.15) is 11.9 Å². The van der Waals surface area contributed by atoms with Gasteiger partial charge < -0.3 is 14.4 Å². The van der Waals surface area contributed by atoms with Crippen molar-refractivity contribution in [3.05, 3.63) is 53.7 Å². The molecule has 2 aromatic rings. The van der Waals surface area contributed by atoms with Crippen molar-refractivity contribution in [2.75, 3.05) is 13.1 Å². The lowest BCUT2D eigenvalue weighted by molar-refractivity contribution is -0.137. The van der Waals surface area contributed by atoms with Gasteiger partial charge in [-0.2, -0.15) is 13.2 Å². The third-order valence-corrected chi connectivity index (χ3v) is 3.96. The second-order valence-electron chi connectivity index (χ2n) is 6.52. The summed E-state index contributed by atoms with van der Waals surface area (Å²) in [5, 5.41) is 0. The first-order chi connectivity index (χ1) is 12.7. The fourth-order valence-electron chi connectivity index (χ4n) is 2.60. The van der Waals surface area contributed by atoms with Crippen LogP contribution in [0.2, 0.25) is 0 Å². The molecule has 0 aliphatic carbocycles. The lowest BCUT2D eigenvalue weighted by atomic mass is 10.1. The largest absolute Gasteiger partial charge is 0.491 e. The summed E-state index contributed by atoms with van der Waals surface area (Å²) in [5.41, 5.74) is -0.289. The van der Waals surface area contributed by atoms with Crippen molar-refractivity contribution in [2.24, 2.45) is 0 Å². The number of rotatable bonds is 5. The molecule has 1 fully saturated rings. The Hall–Kier alpha value is -2.77. The molecule has 2 heterocycles. The van der Waals surface area contributed by atoms with Gasteiger partial charge in [0, 0.05) is 17.8 Å². The molecule has 1 saturated heterocycles. The summed E-state index contributed by atoms with van der Waals surface area (Å²) >= 11 is 0. The summed E-state index contributed by atoms with van der Waals surface area (Å²) in [5.74, 6) is 0.668. The van der Waals surface area contributed by atoms with Gasteiger partial charge in [0.15, 0.2) is 0 Å². The van der Waals surface area contributed by atoms with E-state index in [0.29, 0.717) is 24.4 Å². The number of alkyl halides is 3. The molecule has 8 heteroatoms. The fourth-order valence-corrected chi connectivity index (χ4v) is 2.60. The van der Waals surface area contributed by atoms with Crippen molar-refractivity contribution < 1.29 is 27.4 Å². The highest BCUT2D eigenvalue weighted by atomic mass is 19.4. The van der Waals surface area contributed by atoms with E-state index in [4.69, 9.17) is 9.47 Å². The van der Waals surface area contributed by atoms with Gasteiger partial charge in [-0.05, 0) is 44.2 Å². The highest BCUT2D eigenvalue weighted by molar-refractivity contribution is 5.94. The van der Waals surface area contributed by atoms with Crippen molar-refractivity contribution in [3.63, 3.8) is 0 Å². The number of ether oxygens (including phenoxy) is 2. The molecule has 0 saturated carbocycles. The number of benzene rings is 1. The first kappa shape index (κ1) is 19.0. The highest BCUT2D eigenvalue weighted by Crippen LogP contribution is 2.29. The van der Waals surface area contributed by atoms with E-state index in [0.717, 1.165) is 12.3 Å². The minimum absolute atomic E-state index is 0.0543. The van der Waals surface area contributed by atoms with Crippen LogP contribution in [-0.4, -0.2) is 41.1 Å². The molecule has 1 aliphatic heterocycles. The van der Waals surface area contributed by atoms with E-state index in [1.54, 1.807) is 29.2 Å². The molecular weight excluding hydrogens is 361 g/mol. The van der Waals surface area contributed by atoms with E-state index in [1.807, 2.05) is 13.8 Å². The Kier molecular flexibility index (Phi) is 5.25. The Morgan fingerprint density at radius 3 is 2.33 bits per heavy atom. The van der Waals surface area contributed by atoms with Crippen LogP contribution >= 0.6 is 0 Å². The predicted molar refractivity (Wildman–Crippen MR) is 91.8 cm³/mol. The fraction of sp³-hybridized carbons (Fsp3) is 0.368. The van der Waals surface area contributed by atoms with E-state index in [1.165, 1.54) is 6.07 Å². The van der Waals surface area contributed by atoms with Crippen LogP contribution in [0.15, 0.2) is 42.6 Å². The van der Waals surface area contributed by atoms with Crippen LogP contribution in [0.5, 0.6) is 11.6 Å². The normalized spacial score (nSPS) is 14.8. The number of hydrogen-bond donors (Lipinski definition) is 0. The van der Waals surface area contributed by atoms with Gasteiger partial charge in [0.2, 0.25) is 5.88 Å². The summed E-state index contributed by atoms with van der Waals surface area (Å²) in [6.07, 6.45) is -3.93. The average molecular weight is 380 g/mol. The average Bonchev–Trinajstić information content (AvgIpc) is 2.57. The Balaban J connectivity index is 1.51. The minimum atomic E-state index is -4.43. The standard InChI is InChI=1S/C19H19F3N2O3/c1-12(2)26-15-6-3-13(4-7-15)18(25)24-10-16(11-24)27-17-8-5-14(9-23-17)19(20,21)22/h3-9,12,16H,10-11H2,1-2H3. The van der Waals surface area contributed by atoms with Crippen LogP contribution in [0.3, 0.4) is 0 Å². The molecule has 0 radical (unpaired) electrons. The zero-order valence-corrected chi connectivity index (χ0v) is 14.9. The zero-order chi connectivity index (χ0) is 19.6. The zero-order valence-electron chi connectivity index (χ0n) is 14.9. The molecule has 0 bridgehead atoms. The molecule has 5 nitrogen and oxygen atoms in total. The molecule has 0 atom stereocenters. The molecule has 0 N–H and O–H groups in total. The molecule has 0 unspecified atom stereocenters. The van der Waals surface area contributed by atoms with Crippen molar-refractivity contribution in [1.82, 2.24) is 9.88 Å². The van der Waals surface area contributed by atoms with Crippen LogP contribution in [0.4, 0.5) is 13.2 Å². The predicted octanol–water partition coefficient (Wildman–Crippen LogP) is 3.79. The summed E-state index contributed by atoms with van der Waals surface area (Å²) in [7, 11) is 0. The molecule has 3 rings (SSSR count). The monoisotopic (exact) mass is 380 g/mol. The van der Waals surface area contributed by atoms with Gasteiger partial charge in [-0.3, -0.25) is 4.79 Å². The van der Waals surface area contributed by atoms with Crippen LogP contribution in [-0.2, 0) is 6.18 Å². The van der Waals surface area contributed by atoms with E-state index in [2.05, 4.69) is 4.98 Å². The van der Waals surface area contributed by atoms with Gasteiger partial charge in [-0.25, -0.2) is 4.98 Å². The van der Waals surface area contributed by atoms with Gasteiger partial charge in [-0.1, -0.05) is 0 Å². The maximum absolute atomic E-state index is 12.5. The Morgan fingerprint density at radius 1 is 1.15 bits per heavy atom. The Labute approximate surface area is 154 Å². The Bertz CT molecular complexity index is 783. The number of pyridine rings is 1.